The van der Waals surface area contributed by atoms with E-state index in [4.69, 9.17) is 4.42 Å². The Labute approximate surface area is 117 Å². The largest absolute Gasteiger partial charge is 0.480 e. The number of carboxylic acid groups (broad SMARTS) is 1. The number of carbonyl (C=O) groups is 2. The third-order valence-electron chi connectivity index (χ3n) is 3.61. The second-order valence-corrected chi connectivity index (χ2v) is 5.08. The summed E-state index contributed by atoms with van der Waals surface area (Å²) in [6, 6.07) is 2.17. The zero-order valence-corrected chi connectivity index (χ0v) is 11.5. The van der Waals surface area contributed by atoms with E-state index in [1.54, 1.807) is 18.4 Å². The van der Waals surface area contributed by atoms with Crippen molar-refractivity contribution in [2.24, 2.45) is 0 Å². The molecule has 0 aromatic carbocycles. The third kappa shape index (κ3) is 3.31. The highest BCUT2D eigenvalue weighted by Gasteiger charge is 2.31. The summed E-state index contributed by atoms with van der Waals surface area (Å²) in [6.45, 7) is 2.29. The minimum Gasteiger partial charge on any atom is -0.480 e. The lowest BCUT2D eigenvalue weighted by molar-refractivity contribution is -0.142. The summed E-state index contributed by atoms with van der Waals surface area (Å²) < 4.78 is 5.23. The summed E-state index contributed by atoms with van der Waals surface area (Å²) >= 11 is 0. The van der Waals surface area contributed by atoms with Crippen molar-refractivity contribution in [2.45, 2.75) is 44.7 Å². The number of aliphatic carboxylic acids is 1. The molecule has 1 fully saturated rings. The van der Waals surface area contributed by atoms with Crippen molar-refractivity contribution in [3.05, 3.63) is 24.2 Å². The van der Waals surface area contributed by atoms with Crippen LogP contribution in [0.1, 0.15) is 44.4 Å². The lowest BCUT2D eigenvalue weighted by atomic mass is 10.1. The van der Waals surface area contributed by atoms with Gasteiger partial charge in [-0.05, 0) is 31.9 Å². The minimum atomic E-state index is -0.937. The fourth-order valence-corrected chi connectivity index (χ4v) is 2.49. The van der Waals surface area contributed by atoms with Crippen LogP contribution >= 0.6 is 0 Å². The van der Waals surface area contributed by atoms with Crippen molar-refractivity contribution in [2.75, 3.05) is 6.54 Å². The van der Waals surface area contributed by atoms with Gasteiger partial charge in [0.1, 0.15) is 11.8 Å². The molecule has 2 unspecified atom stereocenters. The Kier molecular flexibility index (Phi) is 4.65. The molecule has 2 amide bonds. The van der Waals surface area contributed by atoms with Crippen LogP contribution < -0.4 is 5.32 Å². The van der Waals surface area contributed by atoms with E-state index < -0.39 is 12.0 Å². The Morgan fingerprint density at radius 3 is 2.90 bits per heavy atom. The lowest BCUT2D eigenvalue weighted by Crippen LogP contribution is -2.49. The summed E-state index contributed by atoms with van der Waals surface area (Å²) in [6.07, 6.45) is 4.70. The van der Waals surface area contributed by atoms with Crippen molar-refractivity contribution in [3.8, 4) is 0 Å². The number of urea groups is 1. The van der Waals surface area contributed by atoms with E-state index in [0.29, 0.717) is 18.7 Å². The molecule has 2 heterocycles. The van der Waals surface area contributed by atoms with Crippen LogP contribution in [0.3, 0.4) is 0 Å². The highest BCUT2D eigenvalue weighted by atomic mass is 16.4. The topological polar surface area (TPSA) is 82.8 Å². The normalized spacial score (nSPS) is 21.1. The van der Waals surface area contributed by atoms with E-state index in [9.17, 15) is 14.7 Å². The van der Waals surface area contributed by atoms with Gasteiger partial charge in [-0.25, -0.2) is 9.59 Å². The molecule has 20 heavy (non-hydrogen) atoms. The predicted octanol–water partition coefficient (Wildman–Crippen LogP) is 2.38. The number of carboxylic acids is 1. The molecule has 0 spiro atoms. The first kappa shape index (κ1) is 14.4. The van der Waals surface area contributed by atoms with Crippen LogP contribution in [0, 0.1) is 0 Å². The average molecular weight is 280 g/mol. The fraction of sp³-hybridized carbons (Fsp3) is 0.571. The number of nitrogens with one attached hydrogen (secondary N) is 1. The fourth-order valence-electron chi connectivity index (χ4n) is 2.49. The minimum absolute atomic E-state index is 0.282. The molecule has 1 aliphatic heterocycles. The summed E-state index contributed by atoms with van der Waals surface area (Å²) in [4.78, 5) is 25.0. The second kappa shape index (κ2) is 6.45. The van der Waals surface area contributed by atoms with Gasteiger partial charge in [-0.3, -0.25) is 0 Å². The molecule has 0 bridgehead atoms. The molecule has 1 aliphatic rings. The Hall–Kier alpha value is -1.98. The number of amides is 2. The van der Waals surface area contributed by atoms with Gasteiger partial charge >= 0.3 is 12.0 Å². The van der Waals surface area contributed by atoms with Gasteiger partial charge in [-0.15, -0.1) is 0 Å². The molecule has 0 radical (unpaired) electrons. The van der Waals surface area contributed by atoms with Crippen LogP contribution in [0.2, 0.25) is 0 Å². The predicted molar refractivity (Wildman–Crippen MR) is 72.3 cm³/mol. The summed E-state index contributed by atoms with van der Waals surface area (Å²) in [5.41, 5.74) is 0. The Balaban J connectivity index is 2.03. The number of likely N-dealkylation sites (tertiary alicyclic amines) is 1. The van der Waals surface area contributed by atoms with Gasteiger partial charge in [0, 0.05) is 6.54 Å². The van der Waals surface area contributed by atoms with Crippen LogP contribution in [0.4, 0.5) is 4.79 Å². The Morgan fingerprint density at radius 2 is 2.25 bits per heavy atom. The summed E-state index contributed by atoms with van der Waals surface area (Å²) in [7, 11) is 0. The van der Waals surface area contributed by atoms with Gasteiger partial charge in [0.05, 0.1) is 12.3 Å². The van der Waals surface area contributed by atoms with E-state index in [1.807, 2.05) is 6.92 Å². The van der Waals surface area contributed by atoms with Crippen LogP contribution in [0.15, 0.2) is 22.8 Å². The Morgan fingerprint density at radius 1 is 1.45 bits per heavy atom. The zero-order valence-electron chi connectivity index (χ0n) is 11.5. The van der Waals surface area contributed by atoms with Crippen LogP contribution in [-0.4, -0.2) is 34.6 Å². The summed E-state index contributed by atoms with van der Waals surface area (Å²) in [5.74, 6) is -0.284. The molecule has 0 aliphatic carbocycles. The number of rotatable bonds is 3. The van der Waals surface area contributed by atoms with Gasteiger partial charge in [-0.2, -0.15) is 0 Å². The molecule has 1 aromatic rings. The van der Waals surface area contributed by atoms with Crippen LogP contribution in [-0.2, 0) is 4.79 Å². The van der Waals surface area contributed by atoms with Crippen LogP contribution in [0.5, 0.6) is 0 Å². The van der Waals surface area contributed by atoms with Gasteiger partial charge in [0.25, 0.3) is 0 Å². The first-order chi connectivity index (χ1) is 9.59. The molecule has 6 nitrogen and oxygen atoms in total. The highest BCUT2D eigenvalue weighted by Crippen LogP contribution is 2.19. The molecule has 1 saturated heterocycles. The SMILES string of the molecule is CC(NC(=O)N1CCCCCC1C(=O)O)c1ccco1. The number of hydrogen-bond donors (Lipinski definition) is 2. The Bertz CT molecular complexity index is 458. The molecule has 0 saturated carbocycles. The van der Waals surface area contributed by atoms with Gasteiger partial charge < -0.3 is 19.7 Å². The first-order valence-electron chi connectivity index (χ1n) is 6.93. The third-order valence-corrected chi connectivity index (χ3v) is 3.61. The number of hydrogen-bond acceptors (Lipinski definition) is 3. The van der Waals surface area contributed by atoms with Gasteiger partial charge in [-0.1, -0.05) is 12.8 Å². The maximum absolute atomic E-state index is 12.3. The maximum Gasteiger partial charge on any atom is 0.326 e. The average Bonchev–Trinajstić information content (AvgIpc) is 2.82. The van der Waals surface area contributed by atoms with E-state index in [-0.39, 0.29) is 12.1 Å². The molecule has 110 valence electrons. The second-order valence-electron chi connectivity index (χ2n) is 5.08. The number of furan rings is 1. The monoisotopic (exact) mass is 280 g/mol. The summed E-state index contributed by atoms with van der Waals surface area (Å²) in [5, 5.41) is 12.1. The maximum atomic E-state index is 12.3. The van der Waals surface area contributed by atoms with E-state index in [1.165, 1.54) is 4.90 Å². The van der Waals surface area contributed by atoms with E-state index in [0.717, 1.165) is 19.3 Å². The molecule has 1 aromatic heterocycles. The molecular formula is C14H20N2O4. The molecule has 2 N–H and O–H groups in total. The van der Waals surface area contributed by atoms with Crippen molar-refractivity contribution < 1.29 is 19.1 Å². The first-order valence-corrected chi connectivity index (χ1v) is 6.93. The number of carbonyl (C=O) groups excluding carboxylic acids is 1. The lowest BCUT2D eigenvalue weighted by Gasteiger charge is -2.28. The number of nitrogens with zero attached hydrogens (tertiary/aromatic N) is 1. The van der Waals surface area contributed by atoms with Crippen molar-refractivity contribution in [1.29, 1.82) is 0 Å². The molecule has 2 rings (SSSR count). The van der Waals surface area contributed by atoms with Crippen molar-refractivity contribution >= 4 is 12.0 Å². The molecule has 6 heteroatoms. The van der Waals surface area contributed by atoms with Crippen LogP contribution in [0.25, 0.3) is 0 Å². The quantitative estimate of drug-likeness (QED) is 0.890. The van der Waals surface area contributed by atoms with E-state index >= 15 is 0 Å². The smallest absolute Gasteiger partial charge is 0.326 e. The molecular weight excluding hydrogens is 260 g/mol. The standard InChI is InChI=1S/C14H20N2O4/c1-10(12-7-5-9-20-12)15-14(19)16-8-4-2-3-6-11(16)13(17)18/h5,7,9-11H,2-4,6,8H2,1H3,(H,15,19)(H,17,18). The molecule has 2 atom stereocenters. The van der Waals surface area contributed by atoms with Gasteiger partial charge in [0.2, 0.25) is 0 Å². The van der Waals surface area contributed by atoms with Crippen molar-refractivity contribution in [1.82, 2.24) is 10.2 Å². The van der Waals surface area contributed by atoms with Crippen molar-refractivity contribution in [3.63, 3.8) is 0 Å². The zero-order chi connectivity index (χ0) is 14.5. The van der Waals surface area contributed by atoms with E-state index in [2.05, 4.69) is 5.32 Å². The highest BCUT2D eigenvalue weighted by molar-refractivity contribution is 5.82. The van der Waals surface area contributed by atoms with Gasteiger partial charge in [0.15, 0.2) is 0 Å².